The van der Waals surface area contributed by atoms with Crippen molar-refractivity contribution in [2.75, 3.05) is 0 Å². The minimum atomic E-state index is 0.253. The van der Waals surface area contributed by atoms with Crippen molar-refractivity contribution in [3.8, 4) is 0 Å². The van der Waals surface area contributed by atoms with Gasteiger partial charge in [0.2, 0.25) is 0 Å². The Morgan fingerprint density at radius 3 is 2.53 bits per heavy atom. The van der Waals surface area contributed by atoms with Crippen LogP contribution in [-0.4, -0.2) is 11.3 Å². The largest absolute Gasteiger partial charge is 0.326 e. The molecule has 0 saturated carbocycles. The molecule has 0 spiro atoms. The Kier molecular flexibility index (Phi) is 5.68. The van der Waals surface area contributed by atoms with Crippen molar-refractivity contribution in [2.24, 2.45) is 5.73 Å². The van der Waals surface area contributed by atoms with E-state index in [2.05, 4.69) is 48.8 Å². The van der Waals surface area contributed by atoms with E-state index in [-0.39, 0.29) is 6.04 Å². The van der Waals surface area contributed by atoms with Gasteiger partial charge in [-0.2, -0.15) is 0 Å². The van der Waals surface area contributed by atoms with Crippen molar-refractivity contribution >= 4 is 39.0 Å². The third-order valence-electron chi connectivity index (χ3n) is 2.15. The molecule has 2 N–H and O–H groups in total. The van der Waals surface area contributed by atoms with E-state index < -0.39 is 0 Å². The van der Waals surface area contributed by atoms with Crippen LogP contribution in [-0.2, 0) is 0 Å². The highest BCUT2D eigenvalue weighted by molar-refractivity contribution is 9.11. The summed E-state index contributed by atoms with van der Waals surface area (Å²) < 4.78 is 1.19. The van der Waals surface area contributed by atoms with Crippen LogP contribution in [0.5, 0.6) is 0 Å². The molecule has 1 nitrogen and oxygen atoms in total. The first kappa shape index (κ1) is 13.6. The molecule has 0 aromatic carbocycles. The first-order valence-corrected chi connectivity index (χ1v) is 7.76. The Bertz CT molecular complexity index is 299. The predicted molar refractivity (Wildman–Crippen MR) is 75.8 cm³/mol. The maximum Gasteiger partial charge on any atom is 0.0701 e. The second-order valence-corrected chi connectivity index (χ2v) is 8.04. The van der Waals surface area contributed by atoms with Gasteiger partial charge in [0.1, 0.15) is 0 Å². The van der Waals surface area contributed by atoms with Gasteiger partial charge in [0, 0.05) is 10.9 Å². The van der Waals surface area contributed by atoms with Gasteiger partial charge in [-0.15, -0.1) is 23.1 Å². The molecule has 0 aliphatic heterocycles. The lowest BCUT2D eigenvalue weighted by molar-refractivity contribution is 0.638. The number of halogens is 1. The predicted octanol–water partition coefficient (Wildman–Crippen LogP) is 4.43. The van der Waals surface area contributed by atoms with Crippen LogP contribution in [0, 0.1) is 0 Å². The molecule has 0 radical (unpaired) electrons. The zero-order valence-corrected chi connectivity index (χ0v) is 12.6. The molecule has 0 fully saturated rings. The summed E-state index contributed by atoms with van der Waals surface area (Å²) in [5.41, 5.74) is 6.18. The molecule has 4 heteroatoms. The van der Waals surface area contributed by atoms with Crippen LogP contribution in [0.25, 0.3) is 0 Å². The third-order valence-corrected chi connectivity index (χ3v) is 5.45. The van der Waals surface area contributed by atoms with Gasteiger partial charge in [-0.1, -0.05) is 20.8 Å². The number of rotatable bonds is 5. The van der Waals surface area contributed by atoms with E-state index >= 15 is 0 Å². The monoisotopic (exact) mass is 307 g/mol. The lowest BCUT2D eigenvalue weighted by Gasteiger charge is -2.23. The van der Waals surface area contributed by atoms with Crippen molar-refractivity contribution in [1.82, 2.24) is 0 Å². The highest BCUT2D eigenvalue weighted by Crippen LogP contribution is 2.39. The van der Waals surface area contributed by atoms with Gasteiger partial charge in [0.15, 0.2) is 0 Å². The summed E-state index contributed by atoms with van der Waals surface area (Å²) in [6.45, 7) is 6.60. The molecule has 2 unspecified atom stereocenters. The summed E-state index contributed by atoms with van der Waals surface area (Å²) >= 11 is 7.27. The van der Waals surface area contributed by atoms with Crippen molar-refractivity contribution in [3.63, 3.8) is 0 Å². The first-order chi connectivity index (χ1) is 7.04. The number of hydrogen-bond acceptors (Lipinski definition) is 3. The van der Waals surface area contributed by atoms with Gasteiger partial charge in [-0.25, -0.2) is 0 Å². The van der Waals surface area contributed by atoms with Gasteiger partial charge in [-0.3, -0.25) is 0 Å². The van der Waals surface area contributed by atoms with E-state index in [0.717, 1.165) is 6.42 Å². The Hall–Kier alpha value is 0.490. The summed E-state index contributed by atoms with van der Waals surface area (Å²) in [6, 6.07) is 4.54. The minimum absolute atomic E-state index is 0.253. The van der Waals surface area contributed by atoms with E-state index in [4.69, 9.17) is 5.73 Å². The topological polar surface area (TPSA) is 26.0 Å². The highest BCUT2D eigenvalue weighted by Gasteiger charge is 2.21. The summed E-state index contributed by atoms with van der Waals surface area (Å²) in [5.74, 6) is 0. The number of thioether (sulfide) groups is 1. The molecule has 86 valence electrons. The standard InChI is InChI=1S/C11H18BrNS2/c1-4-8(13)11(14-7(2)3)9-5-6-10(12)15-9/h5-8,11H,4,13H2,1-3H3. The maximum atomic E-state index is 6.18. The molecule has 0 aliphatic carbocycles. The second-order valence-electron chi connectivity index (χ2n) is 3.82. The molecule has 1 heterocycles. The third kappa shape index (κ3) is 4.10. The van der Waals surface area contributed by atoms with Crippen molar-refractivity contribution in [3.05, 3.63) is 20.8 Å². The van der Waals surface area contributed by atoms with E-state index in [1.165, 1.54) is 8.66 Å². The molecule has 0 bridgehead atoms. The van der Waals surface area contributed by atoms with Crippen LogP contribution in [0.2, 0.25) is 0 Å². The molecule has 15 heavy (non-hydrogen) atoms. The van der Waals surface area contributed by atoms with Crippen LogP contribution >= 0.6 is 39.0 Å². The van der Waals surface area contributed by atoms with E-state index in [0.29, 0.717) is 10.5 Å². The van der Waals surface area contributed by atoms with Gasteiger partial charge >= 0.3 is 0 Å². The van der Waals surface area contributed by atoms with Crippen LogP contribution in [0.15, 0.2) is 15.9 Å². The van der Waals surface area contributed by atoms with E-state index in [1.54, 1.807) is 11.3 Å². The lowest BCUT2D eigenvalue weighted by atomic mass is 10.1. The van der Waals surface area contributed by atoms with Gasteiger partial charge in [0.25, 0.3) is 0 Å². The highest BCUT2D eigenvalue weighted by atomic mass is 79.9. The summed E-state index contributed by atoms with van der Waals surface area (Å²) in [5, 5.41) is 1.06. The van der Waals surface area contributed by atoms with Gasteiger partial charge in [0.05, 0.1) is 9.04 Å². The smallest absolute Gasteiger partial charge is 0.0701 e. The van der Waals surface area contributed by atoms with Gasteiger partial charge < -0.3 is 5.73 Å². The molecule has 2 atom stereocenters. The molecule has 1 aromatic heterocycles. The van der Waals surface area contributed by atoms with Gasteiger partial charge in [-0.05, 0) is 39.7 Å². The average Bonchev–Trinajstić information content (AvgIpc) is 2.59. The Labute approximate surface area is 109 Å². The van der Waals surface area contributed by atoms with Crippen LogP contribution < -0.4 is 5.73 Å². The van der Waals surface area contributed by atoms with Crippen molar-refractivity contribution in [1.29, 1.82) is 0 Å². The van der Waals surface area contributed by atoms with E-state index in [9.17, 15) is 0 Å². The second kappa shape index (κ2) is 6.28. The number of nitrogens with two attached hydrogens (primary N) is 1. The molecule has 0 aliphatic rings. The fraction of sp³-hybridized carbons (Fsp3) is 0.636. The zero-order chi connectivity index (χ0) is 11.4. The molecule has 0 amide bonds. The van der Waals surface area contributed by atoms with Crippen molar-refractivity contribution in [2.45, 2.75) is 43.7 Å². The van der Waals surface area contributed by atoms with Crippen LogP contribution in [0.3, 0.4) is 0 Å². The van der Waals surface area contributed by atoms with Crippen LogP contribution in [0.4, 0.5) is 0 Å². The zero-order valence-electron chi connectivity index (χ0n) is 9.37. The summed E-state index contributed by atoms with van der Waals surface area (Å²) in [6.07, 6.45) is 1.03. The normalized spacial score (nSPS) is 15.6. The number of hydrogen-bond donors (Lipinski definition) is 1. The SMILES string of the molecule is CCC(N)C(SC(C)C)c1ccc(Br)s1. The Morgan fingerprint density at radius 2 is 2.13 bits per heavy atom. The molecular formula is C11H18BrNS2. The lowest BCUT2D eigenvalue weighted by Crippen LogP contribution is -2.26. The van der Waals surface area contributed by atoms with Crippen molar-refractivity contribution < 1.29 is 0 Å². The Balaban J connectivity index is 2.80. The Morgan fingerprint density at radius 1 is 1.47 bits per heavy atom. The summed E-state index contributed by atoms with van der Waals surface area (Å²) in [7, 11) is 0. The summed E-state index contributed by atoms with van der Waals surface area (Å²) in [4.78, 5) is 1.38. The maximum absolute atomic E-state index is 6.18. The minimum Gasteiger partial charge on any atom is -0.326 e. The molecule has 1 aromatic rings. The average molecular weight is 308 g/mol. The quantitative estimate of drug-likeness (QED) is 0.871. The molecule has 1 rings (SSSR count). The number of thiophene rings is 1. The first-order valence-electron chi connectivity index (χ1n) is 5.20. The fourth-order valence-corrected chi connectivity index (χ4v) is 4.35. The van der Waals surface area contributed by atoms with Crippen LogP contribution in [0.1, 0.15) is 37.3 Å². The molecule has 0 saturated heterocycles. The fourth-order valence-electron chi connectivity index (χ4n) is 1.37. The van der Waals surface area contributed by atoms with E-state index in [1.807, 2.05) is 11.8 Å². The molecular weight excluding hydrogens is 290 g/mol.